The van der Waals surface area contributed by atoms with Crippen LogP contribution in [0.3, 0.4) is 0 Å². The Morgan fingerprint density at radius 1 is 0.839 bits per heavy atom. The average molecular weight is 432 g/mol. The number of ether oxygens (including phenoxy) is 2. The van der Waals surface area contributed by atoms with Crippen molar-refractivity contribution in [3.05, 3.63) is 66.6 Å². The highest BCUT2D eigenvalue weighted by atomic mass is 19.4. The maximum Gasteiger partial charge on any atom is 0.422 e. The van der Waals surface area contributed by atoms with Crippen molar-refractivity contribution in [3.63, 3.8) is 0 Å². The summed E-state index contributed by atoms with van der Waals surface area (Å²) in [6.45, 7) is 4.75. The standard InChI is InChI=1S/C22H23F3N4O2/c1-20(2,3)22(30-4,17-11-26-14-27-12-17)18-7-5-15(9-28-18)16-6-8-19(29-10-16)31-13-21(23,24)25/h5-12,14H,13H2,1-4H3. The van der Waals surface area contributed by atoms with Gasteiger partial charge in [-0.3, -0.25) is 4.98 Å². The minimum atomic E-state index is -4.41. The number of rotatable bonds is 6. The van der Waals surface area contributed by atoms with Gasteiger partial charge < -0.3 is 9.47 Å². The predicted octanol–water partition coefficient (Wildman–Crippen LogP) is 4.81. The molecule has 0 bridgehead atoms. The van der Waals surface area contributed by atoms with E-state index in [0.717, 1.165) is 11.1 Å². The van der Waals surface area contributed by atoms with E-state index in [4.69, 9.17) is 4.74 Å². The zero-order chi connectivity index (χ0) is 22.7. The fourth-order valence-corrected chi connectivity index (χ4v) is 3.54. The van der Waals surface area contributed by atoms with Crippen molar-refractivity contribution in [2.24, 2.45) is 5.41 Å². The molecule has 3 aromatic rings. The number of aromatic nitrogens is 4. The van der Waals surface area contributed by atoms with Crippen molar-refractivity contribution in [1.29, 1.82) is 0 Å². The molecule has 164 valence electrons. The van der Waals surface area contributed by atoms with Crippen molar-refractivity contribution in [1.82, 2.24) is 19.9 Å². The molecular weight excluding hydrogens is 409 g/mol. The van der Waals surface area contributed by atoms with Crippen molar-refractivity contribution in [2.75, 3.05) is 13.7 Å². The summed E-state index contributed by atoms with van der Waals surface area (Å²) in [5.41, 5.74) is 1.64. The molecule has 9 heteroatoms. The molecule has 0 spiro atoms. The summed E-state index contributed by atoms with van der Waals surface area (Å²) < 4.78 is 47.5. The van der Waals surface area contributed by atoms with E-state index >= 15 is 0 Å². The maximum atomic E-state index is 12.3. The van der Waals surface area contributed by atoms with Gasteiger partial charge in [0.1, 0.15) is 11.9 Å². The van der Waals surface area contributed by atoms with E-state index in [9.17, 15) is 13.2 Å². The summed E-state index contributed by atoms with van der Waals surface area (Å²) in [6, 6.07) is 6.74. The summed E-state index contributed by atoms with van der Waals surface area (Å²) >= 11 is 0. The van der Waals surface area contributed by atoms with Gasteiger partial charge in [-0.05, 0) is 12.1 Å². The zero-order valence-electron chi connectivity index (χ0n) is 17.6. The molecule has 3 aromatic heterocycles. The third kappa shape index (κ3) is 4.82. The second-order valence-corrected chi connectivity index (χ2v) is 7.98. The Bertz CT molecular complexity index is 989. The highest BCUT2D eigenvalue weighted by molar-refractivity contribution is 5.62. The number of nitrogens with zero attached hydrogens (tertiary/aromatic N) is 4. The van der Waals surface area contributed by atoms with Gasteiger partial charge >= 0.3 is 6.18 Å². The summed E-state index contributed by atoms with van der Waals surface area (Å²) in [6.07, 6.45) is 3.58. The highest BCUT2D eigenvalue weighted by Gasteiger charge is 2.47. The molecule has 0 radical (unpaired) electrons. The van der Waals surface area contributed by atoms with Gasteiger partial charge in [0.15, 0.2) is 6.61 Å². The fraction of sp³-hybridized carbons (Fsp3) is 0.364. The van der Waals surface area contributed by atoms with Gasteiger partial charge in [0.25, 0.3) is 0 Å². The summed E-state index contributed by atoms with van der Waals surface area (Å²) in [4.78, 5) is 16.8. The van der Waals surface area contributed by atoms with Crippen LogP contribution < -0.4 is 4.74 Å². The Balaban J connectivity index is 1.91. The maximum absolute atomic E-state index is 12.3. The lowest BCUT2D eigenvalue weighted by Crippen LogP contribution is -2.44. The molecule has 3 heterocycles. The third-order valence-electron chi connectivity index (χ3n) is 4.91. The number of alkyl halides is 3. The van der Waals surface area contributed by atoms with E-state index in [1.54, 1.807) is 31.8 Å². The highest BCUT2D eigenvalue weighted by Crippen LogP contribution is 2.46. The first kappa shape index (κ1) is 22.6. The van der Waals surface area contributed by atoms with Crippen molar-refractivity contribution >= 4 is 0 Å². The van der Waals surface area contributed by atoms with Gasteiger partial charge in [0.2, 0.25) is 5.88 Å². The Labute approximate surface area is 178 Å². The van der Waals surface area contributed by atoms with Gasteiger partial charge in [-0.15, -0.1) is 0 Å². The number of hydrogen-bond acceptors (Lipinski definition) is 6. The van der Waals surface area contributed by atoms with Gasteiger partial charge in [-0.25, -0.2) is 15.0 Å². The molecule has 1 unspecified atom stereocenters. The zero-order valence-corrected chi connectivity index (χ0v) is 17.6. The fourth-order valence-electron chi connectivity index (χ4n) is 3.54. The van der Waals surface area contributed by atoms with E-state index in [1.807, 2.05) is 32.9 Å². The van der Waals surface area contributed by atoms with Gasteiger partial charge in [0, 0.05) is 60.1 Å². The van der Waals surface area contributed by atoms with Crippen LogP contribution in [0.25, 0.3) is 11.1 Å². The summed E-state index contributed by atoms with van der Waals surface area (Å²) in [7, 11) is 1.62. The second kappa shape index (κ2) is 8.58. The Morgan fingerprint density at radius 3 is 1.90 bits per heavy atom. The normalized spacial score (nSPS) is 14.2. The Morgan fingerprint density at radius 2 is 1.45 bits per heavy atom. The first-order chi connectivity index (χ1) is 14.6. The van der Waals surface area contributed by atoms with Gasteiger partial charge in [-0.2, -0.15) is 13.2 Å². The molecule has 0 saturated heterocycles. The van der Waals surface area contributed by atoms with Crippen LogP contribution in [0.5, 0.6) is 5.88 Å². The van der Waals surface area contributed by atoms with Crippen LogP contribution in [0.2, 0.25) is 0 Å². The first-order valence-corrected chi connectivity index (χ1v) is 9.50. The quantitative estimate of drug-likeness (QED) is 0.557. The van der Waals surface area contributed by atoms with Crippen molar-refractivity contribution < 1.29 is 22.6 Å². The minimum absolute atomic E-state index is 0.0964. The van der Waals surface area contributed by atoms with Crippen LogP contribution in [0.15, 0.2) is 55.4 Å². The molecule has 0 aliphatic carbocycles. The molecule has 31 heavy (non-hydrogen) atoms. The molecule has 6 nitrogen and oxygen atoms in total. The summed E-state index contributed by atoms with van der Waals surface area (Å²) in [5.74, 6) is -0.0964. The SMILES string of the molecule is COC(c1cncnc1)(c1ccc(-c2ccc(OCC(F)(F)F)nc2)cn1)C(C)(C)C. The first-order valence-electron chi connectivity index (χ1n) is 9.50. The van der Waals surface area contributed by atoms with E-state index in [-0.39, 0.29) is 11.3 Å². The topological polar surface area (TPSA) is 70.0 Å². The molecule has 0 saturated carbocycles. The Kier molecular flexibility index (Phi) is 6.26. The van der Waals surface area contributed by atoms with E-state index in [0.29, 0.717) is 11.3 Å². The van der Waals surface area contributed by atoms with Crippen LogP contribution in [-0.4, -0.2) is 39.8 Å². The lowest BCUT2D eigenvalue weighted by molar-refractivity contribution is -0.154. The number of pyridine rings is 2. The van der Waals surface area contributed by atoms with E-state index in [1.165, 1.54) is 18.6 Å². The third-order valence-corrected chi connectivity index (χ3v) is 4.91. The Hall–Kier alpha value is -3.07. The minimum Gasteiger partial charge on any atom is -0.468 e. The lowest BCUT2D eigenvalue weighted by atomic mass is 9.70. The monoisotopic (exact) mass is 432 g/mol. The van der Waals surface area contributed by atoms with Gasteiger partial charge in [-0.1, -0.05) is 26.8 Å². The van der Waals surface area contributed by atoms with Crippen LogP contribution >= 0.6 is 0 Å². The molecule has 0 N–H and O–H groups in total. The van der Waals surface area contributed by atoms with E-state index < -0.39 is 18.4 Å². The smallest absolute Gasteiger partial charge is 0.422 e. The lowest BCUT2D eigenvalue weighted by Gasteiger charge is -2.43. The second-order valence-electron chi connectivity index (χ2n) is 7.98. The van der Waals surface area contributed by atoms with Gasteiger partial charge in [0.05, 0.1) is 5.69 Å². The molecule has 0 aliphatic heterocycles. The van der Waals surface area contributed by atoms with Crippen LogP contribution in [0.1, 0.15) is 32.0 Å². The number of hydrogen-bond donors (Lipinski definition) is 0. The number of methoxy groups -OCH3 is 1. The molecule has 0 fully saturated rings. The molecular formula is C22H23F3N4O2. The van der Waals surface area contributed by atoms with Crippen molar-refractivity contribution in [2.45, 2.75) is 32.5 Å². The molecule has 0 aliphatic rings. The molecule has 1 atom stereocenters. The molecule has 3 rings (SSSR count). The summed E-state index contributed by atoms with van der Waals surface area (Å²) in [5, 5.41) is 0. The molecule has 0 aromatic carbocycles. The van der Waals surface area contributed by atoms with Crippen LogP contribution in [0, 0.1) is 5.41 Å². The van der Waals surface area contributed by atoms with Crippen molar-refractivity contribution in [3.8, 4) is 17.0 Å². The van der Waals surface area contributed by atoms with E-state index in [2.05, 4.69) is 24.7 Å². The predicted molar refractivity (Wildman–Crippen MR) is 108 cm³/mol. The van der Waals surface area contributed by atoms with Crippen LogP contribution in [-0.2, 0) is 10.3 Å². The number of halogens is 3. The largest absolute Gasteiger partial charge is 0.468 e. The van der Waals surface area contributed by atoms with Crippen LogP contribution in [0.4, 0.5) is 13.2 Å². The molecule has 0 amide bonds. The average Bonchev–Trinajstić information content (AvgIpc) is 2.73.